The third-order valence-electron chi connectivity index (χ3n) is 2.99. The highest BCUT2D eigenvalue weighted by molar-refractivity contribution is 6.42. The van der Waals surface area contributed by atoms with Gasteiger partial charge in [0.1, 0.15) is 5.78 Å². The van der Waals surface area contributed by atoms with Crippen molar-refractivity contribution in [1.29, 1.82) is 0 Å². The van der Waals surface area contributed by atoms with E-state index in [1.807, 2.05) is 13.8 Å². The molecule has 2 rings (SSSR count). The molecule has 1 aromatic heterocycles. The number of aromatic nitrogens is 2. The Morgan fingerprint density at radius 2 is 1.95 bits per heavy atom. The molecule has 0 spiro atoms. The van der Waals surface area contributed by atoms with Crippen LogP contribution < -0.4 is 0 Å². The van der Waals surface area contributed by atoms with Crippen molar-refractivity contribution in [2.24, 2.45) is 5.92 Å². The van der Waals surface area contributed by atoms with E-state index in [-0.39, 0.29) is 17.6 Å². The molecule has 0 aliphatic rings. The second-order valence-electron chi connectivity index (χ2n) is 4.92. The van der Waals surface area contributed by atoms with Gasteiger partial charge >= 0.3 is 0 Å². The molecular formula is C14H14Cl2N2O2. The number of nitrogens with zero attached hydrogens (tertiary/aromatic N) is 2. The number of halogens is 2. The minimum Gasteiger partial charge on any atom is -0.338 e. The Morgan fingerprint density at radius 1 is 1.25 bits per heavy atom. The summed E-state index contributed by atoms with van der Waals surface area (Å²) in [4.78, 5) is 16.0. The lowest BCUT2D eigenvalue weighted by Crippen LogP contribution is -2.15. The van der Waals surface area contributed by atoms with E-state index in [0.29, 0.717) is 27.3 Å². The van der Waals surface area contributed by atoms with E-state index in [1.165, 1.54) is 6.92 Å². The van der Waals surface area contributed by atoms with E-state index in [4.69, 9.17) is 27.7 Å². The van der Waals surface area contributed by atoms with E-state index in [0.717, 1.165) is 0 Å². The Labute approximate surface area is 127 Å². The normalized spacial score (nSPS) is 12.7. The first-order valence-corrected chi connectivity index (χ1v) is 6.95. The van der Waals surface area contributed by atoms with E-state index in [9.17, 15) is 4.79 Å². The molecule has 20 heavy (non-hydrogen) atoms. The molecule has 0 saturated heterocycles. The number of carbonyl (C=O) groups excluding carboxylic acids is 1. The van der Waals surface area contributed by atoms with Crippen LogP contribution in [0.5, 0.6) is 0 Å². The van der Waals surface area contributed by atoms with Gasteiger partial charge < -0.3 is 4.52 Å². The SMILES string of the molecule is CC(=O)C(c1nc(-c2ccc(Cl)c(Cl)c2)no1)C(C)C. The molecule has 0 radical (unpaired) electrons. The van der Waals surface area contributed by atoms with Crippen molar-refractivity contribution in [3.63, 3.8) is 0 Å². The van der Waals surface area contributed by atoms with Gasteiger partial charge in [-0.2, -0.15) is 4.98 Å². The van der Waals surface area contributed by atoms with Crippen molar-refractivity contribution in [3.8, 4) is 11.4 Å². The minimum absolute atomic E-state index is 0.00402. The first-order valence-electron chi connectivity index (χ1n) is 6.19. The molecule has 1 heterocycles. The van der Waals surface area contributed by atoms with E-state index >= 15 is 0 Å². The van der Waals surface area contributed by atoms with Crippen LogP contribution in [0.4, 0.5) is 0 Å². The molecular weight excluding hydrogens is 299 g/mol. The lowest BCUT2D eigenvalue weighted by atomic mass is 9.92. The summed E-state index contributed by atoms with van der Waals surface area (Å²) in [7, 11) is 0. The molecule has 0 N–H and O–H groups in total. The van der Waals surface area contributed by atoms with Crippen molar-refractivity contribution in [3.05, 3.63) is 34.1 Å². The maximum Gasteiger partial charge on any atom is 0.237 e. The van der Waals surface area contributed by atoms with Gasteiger partial charge in [0.05, 0.1) is 16.0 Å². The fraction of sp³-hybridized carbons (Fsp3) is 0.357. The smallest absolute Gasteiger partial charge is 0.237 e. The van der Waals surface area contributed by atoms with Gasteiger partial charge in [0, 0.05) is 5.56 Å². The Balaban J connectivity index is 2.37. The van der Waals surface area contributed by atoms with Crippen molar-refractivity contribution in [2.45, 2.75) is 26.7 Å². The molecule has 0 amide bonds. The predicted molar refractivity (Wildman–Crippen MR) is 78.0 cm³/mol. The van der Waals surface area contributed by atoms with Gasteiger partial charge in [-0.1, -0.05) is 42.2 Å². The average Bonchev–Trinajstić information content (AvgIpc) is 2.81. The Bertz CT molecular complexity index is 638. The highest BCUT2D eigenvalue weighted by Crippen LogP contribution is 2.29. The largest absolute Gasteiger partial charge is 0.338 e. The van der Waals surface area contributed by atoms with Gasteiger partial charge in [0.15, 0.2) is 0 Å². The summed E-state index contributed by atoms with van der Waals surface area (Å²) in [5.74, 6) is 0.428. The Hall–Kier alpha value is -1.39. The van der Waals surface area contributed by atoms with Crippen LogP contribution in [0.15, 0.2) is 22.7 Å². The summed E-state index contributed by atoms with van der Waals surface area (Å²) in [6.45, 7) is 5.40. The lowest BCUT2D eigenvalue weighted by Gasteiger charge is -2.12. The summed E-state index contributed by atoms with van der Waals surface area (Å²) >= 11 is 11.8. The van der Waals surface area contributed by atoms with Crippen molar-refractivity contribution in [1.82, 2.24) is 10.1 Å². The van der Waals surface area contributed by atoms with E-state index in [2.05, 4.69) is 10.1 Å². The van der Waals surface area contributed by atoms with Gasteiger partial charge in [-0.3, -0.25) is 4.79 Å². The van der Waals surface area contributed by atoms with Gasteiger partial charge in [-0.15, -0.1) is 0 Å². The predicted octanol–water partition coefficient (Wildman–Crippen LogP) is 4.37. The van der Waals surface area contributed by atoms with Crippen molar-refractivity contribution in [2.75, 3.05) is 0 Å². The molecule has 0 aliphatic carbocycles. The zero-order valence-corrected chi connectivity index (χ0v) is 12.9. The van der Waals surface area contributed by atoms with Gasteiger partial charge in [0.2, 0.25) is 11.7 Å². The van der Waals surface area contributed by atoms with Crippen molar-refractivity contribution < 1.29 is 9.32 Å². The quantitative estimate of drug-likeness (QED) is 0.841. The molecule has 0 aliphatic heterocycles. The average molecular weight is 313 g/mol. The number of Topliss-reactive ketones (excluding diaryl/α,β-unsaturated/α-hetero) is 1. The first-order chi connectivity index (χ1) is 9.40. The molecule has 1 atom stereocenters. The van der Waals surface area contributed by atoms with Crippen LogP contribution in [0, 0.1) is 5.92 Å². The first kappa shape index (κ1) is 15.0. The summed E-state index contributed by atoms with van der Waals surface area (Å²) in [6, 6.07) is 5.08. The molecule has 0 fully saturated rings. The fourth-order valence-electron chi connectivity index (χ4n) is 2.04. The van der Waals surface area contributed by atoms with Crippen LogP contribution in [0.25, 0.3) is 11.4 Å². The molecule has 1 unspecified atom stereocenters. The number of carbonyl (C=O) groups is 1. The Kier molecular flexibility index (Phi) is 4.45. The molecule has 6 heteroatoms. The van der Waals surface area contributed by atoms with Crippen LogP contribution in [0.3, 0.4) is 0 Å². The maximum absolute atomic E-state index is 11.7. The molecule has 4 nitrogen and oxygen atoms in total. The van der Waals surface area contributed by atoms with Crippen LogP contribution in [-0.4, -0.2) is 15.9 Å². The van der Waals surface area contributed by atoms with Crippen LogP contribution in [0.1, 0.15) is 32.6 Å². The number of ketones is 1. The second-order valence-corrected chi connectivity index (χ2v) is 5.73. The number of benzene rings is 1. The lowest BCUT2D eigenvalue weighted by molar-refractivity contribution is -0.119. The summed E-state index contributed by atoms with van der Waals surface area (Å²) < 4.78 is 5.22. The molecule has 1 aromatic carbocycles. The molecule has 2 aromatic rings. The second kappa shape index (κ2) is 5.94. The third kappa shape index (κ3) is 3.02. The number of hydrogen-bond acceptors (Lipinski definition) is 4. The summed E-state index contributed by atoms with van der Waals surface area (Å²) in [5.41, 5.74) is 0.695. The molecule has 106 valence electrons. The number of hydrogen-bond donors (Lipinski definition) is 0. The van der Waals surface area contributed by atoms with Crippen LogP contribution >= 0.6 is 23.2 Å². The van der Waals surface area contributed by atoms with Crippen molar-refractivity contribution >= 4 is 29.0 Å². The summed E-state index contributed by atoms with van der Waals surface area (Å²) in [5, 5.41) is 4.78. The van der Waals surface area contributed by atoms with Gasteiger partial charge in [-0.25, -0.2) is 0 Å². The maximum atomic E-state index is 11.7. The third-order valence-corrected chi connectivity index (χ3v) is 3.73. The Morgan fingerprint density at radius 3 is 2.50 bits per heavy atom. The van der Waals surface area contributed by atoms with E-state index < -0.39 is 0 Å². The highest BCUT2D eigenvalue weighted by Gasteiger charge is 2.27. The fourth-order valence-corrected chi connectivity index (χ4v) is 2.34. The highest BCUT2D eigenvalue weighted by atomic mass is 35.5. The topological polar surface area (TPSA) is 56.0 Å². The molecule has 0 saturated carbocycles. The van der Waals surface area contributed by atoms with Crippen LogP contribution in [0.2, 0.25) is 10.0 Å². The monoisotopic (exact) mass is 312 g/mol. The minimum atomic E-state index is -0.390. The zero-order valence-electron chi connectivity index (χ0n) is 11.4. The standard InChI is InChI=1S/C14H14Cl2N2O2/c1-7(2)12(8(3)19)14-17-13(18-20-14)9-4-5-10(15)11(16)6-9/h4-7,12H,1-3H3. The number of rotatable bonds is 4. The molecule has 0 bridgehead atoms. The van der Waals surface area contributed by atoms with E-state index in [1.54, 1.807) is 18.2 Å². The van der Waals surface area contributed by atoms with Gasteiger partial charge in [0.25, 0.3) is 0 Å². The van der Waals surface area contributed by atoms with Gasteiger partial charge in [-0.05, 0) is 31.0 Å². The zero-order chi connectivity index (χ0) is 14.9. The van der Waals surface area contributed by atoms with Crippen LogP contribution in [-0.2, 0) is 4.79 Å². The summed E-state index contributed by atoms with van der Waals surface area (Å²) in [6.07, 6.45) is 0.